The summed E-state index contributed by atoms with van der Waals surface area (Å²) in [5.74, 6) is 0.809. The third-order valence-corrected chi connectivity index (χ3v) is 3.07. The SMILES string of the molecule is OCCCCN(c1ncc(Br)cn1)C1CC1. The zero-order chi connectivity index (χ0) is 11.4. The van der Waals surface area contributed by atoms with Crippen LogP contribution in [-0.4, -0.2) is 34.3 Å². The monoisotopic (exact) mass is 285 g/mol. The number of hydrogen-bond donors (Lipinski definition) is 1. The molecular formula is C11H16BrN3O. The van der Waals surface area contributed by atoms with Crippen molar-refractivity contribution in [2.24, 2.45) is 0 Å². The van der Waals surface area contributed by atoms with Crippen LogP contribution in [0, 0.1) is 0 Å². The number of hydrogen-bond acceptors (Lipinski definition) is 4. The summed E-state index contributed by atoms with van der Waals surface area (Å²) in [4.78, 5) is 10.9. The van der Waals surface area contributed by atoms with E-state index in [1.54, 1.807) is 12.4 Å². The standard InChI is InChI=1S/C11H16BrN3O/c12-9-7-13-11(14-8-9)15(10-3-4-10)5-1-2-6-16/h7-8,10,16H,1-6H2. The predicted octanol–water partition coefficient (Wildman–Crippen LogP) is 1.98. The van der Waals surface area contributed by atoms with Gasteiger partial charge in [0.1, 0.15) is 0 Å². The van der Waals surface area contributed by atoms with Crippen LogP contribution in [0.5, 0.6) is 0 Å². The van der Waals surface area contributed by atoms with Crippen LogP contribution in [0.4, 0.5) is 5.95 Å². The summed E-state index contributed by atoms with van der Waals surface area (Å²) < 4.78 is 0.905. The second-order valence-electron chi connectivity index (χ2n) is 4.06. The first-order valence-electron chi connectivity index (χ1n) is 5.66. The van der Waals surface area contributed by atoms with Crippen molar-refractivity contribution in [1.82, 2.24) is 9.97 Å². The topological polar surface area (TPSA) is 49.2 Å². The molecule has 0 spiro atoms. The summed E-state index contributed by atoms with van der Waals surface area (Å²) in [6, 6.07) is 0.611. The molecule has 0 aliphatic heterocycles. The molecule has 16 heavy (non-hydrogen) atoms. The summed E-state index contributed by atoms with van der Waals surface area (Å²) in [6.45, 7) is 1.20. The number of unbranched alkanes of at least 4 members (excludes halogenated alkanes) is 1. The Balaban J connectivity index is 1.98. The van der Waals surface area contributed by atoms with E-state index in [1.807, 2.05) is 0 Å². The predicted molar refractivity (Wildman–Crippen MR) is 66.4 cm³/mol. The van der Waals surface area contributed by atoms with Crippen LogP contribution in [0.2, 0.25) is 0 Å². The van der Waals surface area contributed by atoms with Gasteiger partial charge in [-0.3, -0.25) is 0 Å². The summed E-state index contributed by atoms with van der Waals surface area (Å²) >= 11 is 3.33. The van der Waals surface area contributed by atoms with Gasteiger partial charge in [-0.15, -0.1) is 0 Å². The first-order chi connectivity index (χ1) is 7.81. The first-order valence-corrected chi connectivity index (χ1v) is 6.45. The normalized spacial score (nSPS) is 15.1. The fraction of sp³-hybridized carbons (Fsp3) is 0.636. The molecule has 0 amide bonds. The minimum atomic E-state index is 0.264. The Morgan fingerprint density at radius 2 is 2.00 bits per heavy atom. The van der Waals surface area contributed by atoms with Gasteiger partial charge in [-0.05, 0) is 41.6 Å². The molecule has 0 bridgehead atoms. The Kier molecular flexibility index (Phi) is 4.12. The molecule has 1 saturated carbocycles. The van der Waals surface area contributed by atoms with Crippen molar-refractivity contribution in [2.45, 2.75) is 31.7 Å². The molecule has 1 aromatic rings. The Hall–Kier alpha value is -0.680. The van der Waals surface area contributed by atoms with Gasteiger partial charge < -0.3 is 10.0 Å². The summed E-state index contributed by atoms with van der Waals surface area (Å²) in [5.41, 5.74) is 0. The van der Waals surface area contributed by atoms with Crippen molar-refractivity contribution in [3.63, 3.8) is 0 Å². The highest BCUT2D eigenvalue weighted by molar-refractivity contribution is 9.10. The minimum absolute atomic E-state index is 0.264. The zero-order valence-electron chi connectivity index (χ0n) is 9.14. The van der Waals surface area contributed by atoms with Gasteiger partial charge in [0.15, 0.2) is 0 Å². The molecule has 1 aromatic heterocycles. The molecule has 0 atom stereocenters. The molecule has 0 saturated heterocycles. The van der Waals surface area contributed by atoms with Gasteiger partial charge in [0, 0.05) is 31.6 Å². The van der Waals surface area contributed by atoms with E-state index in [4.69, 9.17) is 5.11 Å². The van der Waals surface area contributed by atoms with Crippen molar-refractivity contribution in [3.05, 3.63) is 16.9 Å². The molecule has 1 fully saturated rings. The fourth-order valence-corrected chi connectivity index (χ4v) is 1.88. The van der Waals surface area contributed by atoms with E-state index < -0.39 is 0 Å². The van der Waals surface area contributed by atoms with Crippen LogP contribution in [-0.2, 0) is 0 Å². The number of aliphatic hydroxyl groups excluding tert-OH is 1. The van der Waals surface area contributed by atoms with E-state index in [9.17, 15) is 0 Å². The zero-order valence-corrected chi connectivity index (χ0v) is 10.7. The minimum Gasteiger partial charge on any atom is -0.396 e. The van der Waals surface area contributed by atoms with Crippen LogP contribution in [0.3, 0.4) is 0 Å². The van der Waals surface area contributed by atoms with Crippen molar-refractivity contribution in [1.29, 1.82) is 0 Å². The molecule has 1 aliphatic carbocycles. The lowest BCUT2D eigenvalue weighted by atomic mass is 10.3. The van der Waals surface area contributed by atoms with Crippen molar-refractivity contribution < 1.29 is 5.11 Å². The molecule has 0 aromatic carbocycles. The molecule has 1 aliphatic rings. The van der Waals surface area contributed by atoms with Crippen LogP contribution in [0.25, 0.3) is 0 Å². The fourth-order valence-electron chi connectivity index (χ4n) is 1.68. The highest BCUT2D eigenvalue weighted by atomic mass is 79.9. The lowest BCUT2D eigenvalue weighted by Crippen LogP contribution is -2.28. The van der Waals surface area contributed by atoms with Gasteiger partial charge in [-0.2, -0.15) is 0 Å². The highest BCUT2D eigenvalue weighted by Crippen LogP contribution is 2.30. The van der Waals surface area contributed by atoms with E-state index in [0.717, 1.165) is 29.8 Å². The Labute approximate surface area is 104 Å². The van der Waals surface area contributed by atoms with E-state index in [1.165, 1.54) is 12.8 Å². The molecule has 2 rings (SSSR count). The van der Waals surface area contributed by atoms with Gasteiger partial charge >= 0.3 is 0 Å². The van der Waals surface area contributed by atoms with Crippen molar-refractivity contribution in [2.75, 3.05) is 18.1 Å². The smallest absolute Gasteiger partial charge is 0.225 e. The lowest BCUT2D eigenvalue weighted by Gasteiger charge is -2.21. The van der Waals surface area contributed by atoms with Gasteiger partial charge in [0.2, 0.25) is 5.95 Å². The maximum atomic E-state index is 8.78. The molecule has 1 N–H and O–H groups in total. The highest BCUT2D eigenvalue weighted by Gasteiger charge is 2.30. The summed E-state index contributed by atoms with van der Waals surface area (Å²) in [5, 5.41) is 8.78. The van der Waals surface area contributed by atoms with Gasteiger partial charge in [-0.1, -0.05) is 0 Å². The number of halogens is 1. The molecule has 88 valence electrons. The van der Waals surface area contributed by atoms with Crippen LogP contribution in [0.1, 0.15) is 25.7 Å². The van der Waals surface area contributed by atoms with E-state index in [-0.39, 0.29) is 6.61 Å². The van der Waals surface area contributed by atoms with Gasteiger partial charge in [0.05, 0.1) is 4.47 Å². The first kappa shape index (κ1) is 11.8. The Morgan fingerprint density at radius 3 is 2.56 bits per heavy atom. The number of aliphatic hydroxyl groups is 1. The molecule has 0 radical (unpaired) electrons. The van der Waals surface area contributed by atoms with E-state index in [2.05, 4.69) is 30.8 Å². The Bertz CT molecular complexity index is 327. The van der Waals surface area contributed by atoms with Gasteiger partial charge in [-0.25, -0.2) is 9.97 Å². The molecule has 4 nitrogen and oxygen atoms in total. The second kappa shape index (κ2) is 5.59. The number of rotatable bonds is 6. The number of aromatic nitrogens is 2. The number of anilines is 1. The quantitative estimate of drug-likeness (QED) is 0.812. The number of nitrogens with zero attached hydrogens (tertiary/aromatic N) is 3. The van der Waals surface area contributed by atoms with Crippen molar-refractivity contribution >= 4 is 21.9 Å². The van der Waals surface area contributed by atoms with E-state index >= 15 is 0 Å². The van der Waals surface area contributed by atoms with Crippen LogP contribution >= 0.6 is 15.9 Å². The van der Waals surface area contributed by atoms with Crippen LogP contribution in [0.15, 0.2) is 16.9 Å². The third kappa shape index (κ3) is 3.15. The largest absolute Gasteiger partial charge is 0.396 e. The maximum Gasteiger partial charge on any atom is 0.225 e. The third-order valence-electron chi connectivity index (χ3n) is 2.66. The molecule has 1 heterocycles. The second-order valence-corrected chi connectivity index (χ2v) is 4.97. The summed E-state index contributed by atoms with van der Waals surface area (Å²) in [6.07, 6.45) is 7.87. The Morgan fingerprint density at radius 1 is 1.31 bits per heavy atom. The van der Waals surface area contributed by atoms with E-state index in [0.29, 0.717) is 6.04 Å². The molecule has 0 unspecified atom stereocenters. The average Bonchev–Trinajstić information content (AvgIpc) is 3.10. The van der Waals surface area contributed by atoms with Crippen LogP contribution < -0.4 is 4.90 Å². The van der Waals surface area contributed by atoms with Gasteiger partial charge in [0.25, 0.3) is 0 Å². The molecular weight excluding hydrogens is 270 g/mol. The lowest BCUT2D eigenvalue weighted by molar-refractivity contribution is 0.285. The molecule has 5 heteroatoms. The summed E-state index contributed by atoms with van der Waals surface area (Å²) in [7, 11) is 0. The van der Waals surface area contributed by atoms with Crippen molar-refractivity contribution in [3.8, 4) is 0 Å². The average molecular weight is 286 g/mol. The maximum absolute atomic E-state index is 8.78.